The van der Waals surface area contributed by atoms with Gasteiger partial charge < -0.3 is 0 Å². The van der Waals surface area contributed by atoms with Crippen molar-refractivity contribution in [3.63, 3.8) is 0 Å². The predicted octanol–water partition coefficient (Wildman–Crippen LogP) is 0.232. The molecule has 0 fully saturated rings. The molecule has 2 aromatic heterocycles. The molecule has 2 aromatic rings. The number of imidazole rings is 2. The number of aromatic amines is 1. The molecule has 0 bridgehead atoms. The van der Waals surface area contributed by atoms with Gasteiger partial charge in [-0.2, -0.15) is 0 Å². The topological polar surface area (TPSA) is 28.5 Å². The third-order valence-electron chi connectivity index (χ3n) is 2.89. The Morgan fingerprint density at radius 3 is 2.60 bits per heavy atom. The fourth-order valence-corrected chi connectivity index (χ4v) is 2.00. The molecule has 15 heavy (non-hydrogen) atoms. The summed E-state index contributed by atoms with van der Waals surface area (Å²) in [5.74, 6) is 2.44. The van der Waals surface area contributed by atoms with E-state index in [1.807, 2.05) is 0 Å². The quantitative estimate of drug-likeness (QED) is 0.682. The number of aromatic nitrogens is 4. The Hall–Kier alpha value is -1.58. The molecule has 0 spiro atoms. The minimum absolute atomic E-state index is 1.02. The summed E-state index contributed by atoms with van der Waals surface area (Å²) in [6.07, 6.45) is 7.21. The first-order valence-corrected chi connectivity index (χ1v) is 5.22. The zero-order valence-corrected chi connectivity index (χ0v) is 9.78. The summed E-state index contributed by atoms with van der Waals surface area (Å²) in [6, 6.07) is 0. The van der Waals surface area contributed by atoms with E-state index in [1.54, 1.807) is 0 Å². The Balaban J connectivity index is 2.59. The van der Waals surface area contributed by atoms with Crippen LogP contribution in [0.1, 0.15) is 12.7 Å². The maximum Gasteiger partial charge on any atom is 0.332 e. The highest BCUT2D eigenvalue weighted by atomic mass is 15.2. The van der Waals surface area contributed by atoms with Gasteiger partial charge in [-0.05, 0) is 0 Å². The van der Waals surface area contributed by atoms with E-state index in [0.29, 0.717) is 0 Å². The molecular formula is C11H18N4+2. The monoisotopic (exact) mass is 206 g/mol. The lowest BCUT2D eigenvalue weighted by atomic mass is 10.4. The molecule has 0 aromatic carbocycles. The summed E-state index contributed by atoms with van der Waals surface area (Å²) in [7, 11) is 6.22. The van der Waals surface area contributed by atoms with Crippen LogP contribution in [0.15, 0.2) is 18.6 Å². The van der Waals surface area contributed by atoms with Gasteiger partial charge in [-0.15, -0.1) is 0 Å². The van der Waals surface area contributed by atoms with Crippen molar-refractivity contribution in [3.8, 4) is 11.5 Å². The minimum atomic E-state index is 1.02. The van der Waals surface area contributed by atoms with Crippen LogP contribution in [0, 0.1) is 0 Å². The molecule has 2 rings (SSSR count). The van der Waals surface area contributed by atoms with Gasteiger partial charge in [0, 0.05) is 6.42 Å². The van der Waals surface area contributed by atoms with E-state index in [1.165, 1.54) is 17.3 Å². The Morgan fingerprint density at radius 2 is 2.13 bits per heavy atom. The van der Waals surface area contributed by atoms with Gasteiger partial charge in [0.2, 0.25) is 0 Å². The number of nitrogens with zero attached hydrogens (tertiary/aromatic N) is 3. The Morgan fingerprint density at radius 1 is 1.40 bits per heavy atom. The van der Waals surface area contributed by atoms with Crippen molar-refractivity contribution in [2.24, 2.45) is 21.1 Å². The summed E-state index contributed by atoms with van der Waals surface area (Å²) in [4.78, 5) is 3.30. The van der Waals surface area contributed by atoms with Crippen LogP contribution in [0.2, 0.25) is 0 Å². The number of H-pyrrole nitrogens is 1. The molecule has 0 atom stereocenters. The molecule has 0 radical (unpaired) electrons. The molecule has 0 aliphatic rings. The maximum atomic E-state index is 3.30. The summed E-state index contributed by atoms with van der Waals surface area (Å²) in [5, 5.41) is 0. The number of rotatable bonds is 2. The van der Waals surface area contributed by atoms with E-state index in [0.717, 1.165) is 6.42 Å². The molecule has 4 nitrogen and oxygen atoms in total. The highest BCUT2D eigenvalue weighted by Crippen LogP contribution is 2.09. The average Bonchev–Trinajstić information content (AvgIpc) is 2.71. The summed E-state index contributed by atoms with van der Waals surface area (Å²) >= 11 is 0. The van der Waals surface area contributed by atoms with Crippen LogP contribution in [-0.2, 0) is 27.6 Å². The first-order chi connectivity index (χ1) is 7.15. The average molecular weight is 206 g/mol. The van der Waals surface area contributed by atoms with Gasteiger partial charge >= 0.3 is 5.82 Å². The van der Waals surface area contributed by atoms with Crippen molar-refractivity contribution in [2.45, 2.75) is 13.3 Å². The van der Waals surface area contributed by atoms with E-state index in [9.17, 15) is 0 Å². The normalized spacial score (nSPS) is 10.9. The third-order valence-corrected chi connectivity index (χ3v) is 2.89. The van der Waals surface area contributed by atoms with Crippen LogP contribution in [0.4, 0.5) is 0 Å². The van der Waals surface area contributed by atoms with Crippen LogP contribution < -0.4 is 9.13 Å². The first-order valence-electron chi connectivity index (χ1n) is 5.22. The van der Waals surface area contributed by atoms with Crippen molar-refractivity contribution in [2.75, 3.05) is 0 Å². The second-order valence-electron chi connectivity index (χ2n) is 3.88. The lowest BCUT2D eigenvalue weighted by Crippen LogP contribution is -2.38. The number of nitrogens with one attached hydrogen (secondary N) is 1. The van der Waals surface area contributed by atoms with Crippen molar-refractivity contribution in [1.82, 2.24) is 9.55 Å². The largest absolute Gasteiger partial charge is 0.332 e. The molecule has 0 saturated carbocycles. The molecule has 0 unspecified atom stereocenters. The van der Waals surface area contributed by atoms with Gasteiger partial charge in [0.05, 0.1) is 21.1 Å². The fourth-order valence-electron chi connectivity index (χ4n) is 2.00. The smallest absolute Gasteiger partial charge is 0.247 e. The minimum Gasteiger partial charge on any atom is -0.247 e. The third kappa shape index (κ3) is 1.46. The van der Waals surface area contributed by atoms with Crippen LogP contribution >= 0.6 is 0 Å². The Bertz CT molecular complexity index is 459. The van der Waals surface area contributed by atoms with Crippen LogP contribution in [0.25, 0.3) is 11.5 Å². The highest BCUT2D eigenvalue weighted by Gasteiger charge is 2.24. The molecule has 0 aliphatic heterocycles. The number of hydrogen-bond donors (Lipinski definition) is 1. The van der Waals surface area contributed by atoms with Gasteiger partial charge in [-0.3, -0.25) is 0 Å². The highest BCUT2D eigenvalue weighted by molar-refractivity contribution is 5.40. The Labute approximate surface area is 89.8 Å². The van der Waals surface area contributed by atoms with Gasteiger partial charge in [-0.25, -0.2) is 18.7 Å². The zero-order valence-electron chi connectivity index (χ0n) is 9.78. The van der Waals surface area contributed by atoms with Gasteiger partial charge in [-0.1, -0.05) is 6.92 Å². The lowest BCUT2D eigenvalue weighted by molar-refractivity contribution is -0.693. The fraction of sp³-hybridized carbons (Fsp3) is 0.455. The van der Waals surface area contributed by atoms with Gasteiger partial charge in [0.25, 0.3) is 11.5 Å². The zero-order chi connectivity index (χ0) is 11.0. The van der Waals surface area contributed by atoms with Gasteiger partial charge in [0.1, 0.15) is 18.6 Å². The number of hydrogen-bond acceptors (Lipinski definition) is 0. The molecule has 0 aliphatic carbocycles. The SMILES string of the molecule is CCc1[nH]cc(-c2n(C)cc[n+]2C)[n+]1C. The molecule has 0 amide bonds. The summed E-state index contributed by atoms with van der Waals surface area (Å²) < 4.78 is 6.46. The molecule has 80 valence electrons. The van der Waals surface area contributed by atoms with E-state index in [2.05, 4.69) is 65.3 Å². The van der Waals surface area contributed by atoms with E-state index < -0.39 is 0 Å². The molecular weight excluding hydrogens is 188 g/mol. The molecule has 2 heterocycles. The summed E-state index contributed by atoms with van der Waals surface area (Å²) in [5.41, 5.74) is 1.21. The van der Waals surface area contributed by atoms with Crippen LogP contribution in [0.3, 0.4) is 0 Å². The number of aryl methyl sites for hydroxylation is 3. The second kappa shape index (κ2) is 3.53. The van der Waals surface area contributed by atoms with Crippen LogP contribution in [0.5, 0.6) is 0 Å². The van der Waals surface area contributed by atoms with E-state index >= 15 is 0 Å². The Kier molecular flexibility index (Phi) is 2.34. The first kappa shape index (κ1) is 9.96. The van der Waals surface area contributed by atoms with Crippen LogP contribution in [-0.4, -0.2) is 9.55 Å². The molecule has 4 heteroatoms. The van der Waals surface area contributed by atoms with Gasteiger partial charge in [0.15, 0.2) is 0 Å². The standard InChI is InChI=1S/C11H17N4/c1-5-10-12-8-9(15(10)4)11-13(2)6-7-14(11)3/h6-8H,5H2,1-4H3/q+1/p+1. The molecule has 1 N–H and O–H groups in total. The van der Waals surface area contributed by atoms with Crippen molar-refractivity contribution < 1.29 is 9.13 Å². The van der Waals surface area contributed by atoms with E-state index in [-0.39, 0.29) is 0 Å². The van der Waals surface area contributed by atoms with Crippen molar-refractivity contribution >= 4 is 0 Å². The maximum absolute atomic E-state index is 3.30. The predicted molar refractivity (Wildman–Crippen MR) is 56.9 cm³/mol. The lowest BCUT2D eigenvalue weighted by Gasteiger charge is -1.95. The molecule has 0 saturated heterocycles. The summed E-state index contributed by atoms with van der Waals surface area (Å²) in [6.45, 7) is 2.15. The van der Waals surface area contributed by atoms with Crippen molar-refractivity contribution in [1.29, 1.82) is 0 Å². The second-order valence-corrected chi connectivity index (χ2v) is 3.88. The van der Waals surface area contributed by atoms with Crippen molar-refractivity contribution in [3.05, 3.63) is 24.4 Å². The van der Waals surface area contributed by atoms with E-state index in [4.69, 9.17) is 0 Å².